The number of amides is 1. The van der Waals surface area contributed by atoms with Crippen LogP contribution in [0.3, 0.4) is 0 Å². The summed E-state index contributed by atoms with van der Waals surface area (Å²) in [4.78, 5) is 31.0. The molecule has 0 saturated carbocycles. The number of hydrogen-bond acceptors (Lipinski definition) is 6. The highest BCUT2D eigenvalue weighted by molar-refractivity contribution is 14.1. The highest BCUT2D eigenvalue weighted by Crippen LogP contribution is 2.38. The van der Waals surface area contributed by atoms with Gasteiger partial charge in [-0.25, -0.2) is 9.79 Å². The van der Waals surface area contributed by atoms with Crippen LogP contribution < -0.4 is 4.74 Å². The van der Waals surface area contributed by atoms with Crippen molar-refractivity contribution in [3.8, 4) is 5.75 Å². The molecule has 1 saturated heterocycles. The van der Waals surface area contributed by atoms with Gasteiger partial charge in [0.25, 0.3) is 5.91 Å². The molecular formula is C22H20BrIN2O5S. The van der Waals surface area contributed by atoms with Gasteiger partial charge in [-0.2, -0.15) is 0 Å². The molecule has 0 bridgehead atoms. The topological polar surface area (TPSA) is 88.4 Å². The van der Waals surface area contributed by atoms with Gasteiger partial charge in [0.05, 0.1) is 15.1 Å². The Hall–Kier alpha value is -1.89. The number of aliphatic imine (C=N–C) groups is 1. The SMILES string of the molecule is COCCCN1C(=O)/C(=C/c2cc(I)cc(Br)c2OCC(=O)O)SC1=Nc1ccccc1. The summed E-state index contributed by atoms with van der Waals surface area (Å²) in [6.07, 6.45) is 2.39. The number of nitrogens with zero attached hydrogens (tertiary/aromatic N) is 2. The second kappa shape index (κ2) is 11.8. The normalized spacial score (nSPS) is 16.2. The molecule has 1 heterocycles. The molecule has 0 aromatic heterocycles. The zero-order valence-corrected chi connectivity index (χ0v) is 21.6. The number of para-hydroxylation sites is 1. The lowest BCUT2D eigenvalue weighted by atomic mass is 10.2. The lowest BCUT2D eigenvalue weighted by Crippen LogP contribution is -2.30. The van der Waals surface area contributed by atoms with E-state index in [4.69, 9.17) is 14.6 Å². The minimum Gasteiger partial charge on any atom is -0.480 e. The Kier molecular flexibility index (Phi) is 9.14. The van der Waals surface area contributed by atoms with Crippen molar-refractivity contribution < 1.29 is 24.2 Å². The Balaban J connectivity index is 1.98. The van der Waals surface area contributed by atoms with Crippen LogP contribution in [0.5, 0.6) is 5.75 Å². The van der Waals surface area contributed by atoms with Crippen molar-refractivity contribution in [1.29, 1.82) is 0 Å². The van der Waals surface area contributed by atoms with E-state index in [0.717, 1.165) is 9.26 Å². The smallest absolute Gasteiger partial charge is 0.341 e. The Morgan fingerprint density at radius 1 is 1.31 bits per heavy atom. The van der Waals surface area contributed by atoms with Gasteiger partial charge in [-0.05, 0) is 87.0 Å². The number of carboxylic acid groups (broad SMARTS) is 1. The average Bonchev–Trinajstić information content (AvgIpc) is 3.02. The van der Waals surface area contributed by atoms with Crippen molar-refractivity contribution in [3.63, 3.8) is 0 Å². The number of amidine groups is 1. The van der Waals surface area contributed by atoms with Crippen molar-refractivity contribution in [2.24, 2.45) is 4.99 Å². The summed E-state index contributed by atoms with van der Waals surface area (Å²) in [7, 11) is 1.62. The first kappa shape index (κ1) is 24.7. The van der Waals surface area contributed by atoms with Gasteiger partial charge in [-0.3, -0.25) is 9.69 Å². The van der Waals surface area contributed by atoms with E-state index < -0.39 is 12.6 Å². The maximum atomic E-state index is 13.2. The van der Waals surface area contributed by atoms with Gasteiger partial charge in [0, 0.05) is 29.4 Å². The van der Waals surface area contributed by atoms with Gasteiger partial charge in [0.2, 0.25) is 0 Å². The fourth-order valence-electron chi connectivity index (χ4n) is 2.88. The molecule has 0 aliphatic carbocycles. The van der Waals surface area contributed by atoms with Crippen molar-refractivity contribution in [1.82, 2.24) is 4.90 Å². The summed E-state index contributed by atoms with van der Waals surface area (Å²) >= 11 is 6.86. The second-order valence-corrected chi connectivity index (χ2v) is 9.74. The third-order valence-corrected chi connectivity index (χ3v) is 6.48. The van der Waals surface area contributed by atoms with E-state index in [2.05, 4.69) is 43.5 Å². The van der Waals surface area contributed by atoms with Crippen LogP contribution in [0.4, 0.5) is 5.69 Å². The average molecular weight is 631 g/mol. The highest BCUT2D eigenvalue weighted by atomic mass is 127. The first-order valence-corrected chi connectivity index (χ1v) is 12.3. The maximum Gasteiger partial charge on any atom is 0.341 e. The molecule has 2 aromatic rings. The number of ether oxygens (including phenoxy) is 2. The Bertz CT molecular complexity index is 1060. The molecule has 1 aliphatic rings. The lowest BCUT2D eigenvalue weighted by molar-refractivity contribution is -0.139. The number of hydrogen-bond donors (Lipinski definition) is 1. The lowest BCUT2D eigenvalue weighted by Gasteiger charge is -2.15. The van der Waals surface area contributed by atoms with E-state index in [1.807, 2.05) is 42.5 Å². The summed E-state index contributed by atoms with van der Waals surface area (Å²) in [5, 5.41) is 9.59. The van der Waals surface area contributed by atoms with Gasteiger partial charge >= 0.3 is 5.97 Å². The second-order valence-electron chi connectivity index (χ2n) is 6.63. The number of carbonyl (C=O) groups is 2. The van der Waals surface area contributed by atoms with E-state index in [1.54, 1.807) is 18.1 Å². The van der Waals surface area contributed by atoms with E-state index in [1.165, 1.54) is 11.8 Å². The highest BCUT2D eigenvalue weighted by Gasteiger charge is 2.33. The molecule has 7 nitrogen and oxygen atoms in total. The van der Waals surface area contributed by atoms with E-state index in [0.29, 0.717) is 45.4 Å². The summed E-state index contributed by atoms with van der Waals surface area (Å²) < 4.78 is 12.1. The van der Waals surface area contributed by atoms with Crippen LogP contribution in [0.2, 0.25) is 0 Å². The number of aliphatic carboxylic acids is 1. The van der Waals surface area contributed by atoms with E-state index in [-0.39, 0.29) is 5.91 Å². The molecule has 2 aromatic carbocycles. The number of carboxylic acids is 1. The van der Waals surface area contributed by atoms with Crippen LogP contribution in [0.25, 0.3) is 6.08 Å². The number of methoxy groups -OCH3 is 1. The fraction of sp³-hybridized carbons (Fsp3) is 0.227. The maximum absolute atomic E-state index is 13.2. The van der Waals surface area contributed by atoms with Crippen molar-refractivity contribution in [2.45, 2.75) is 6.42 Å². The van der Waals surface area contributed by atoms with Gasteiger partial charge in [0.15, 0.2) is 11.8 Å². The molecule has 0 atom stereocenters. The number of thioether (sulfide) groups is 1. The zero-order chi connectivity index (χ0) is 23.1. The summed E-state index contributed by atoms with van der Waals surface area (Å²) in [6.45, 7) is 0.518. The van der Waals surface area contributed by atoms with Gasteiger partial charge < -0.3 is 14.6 Å². The van der Waals surface area contributed by atoms with Gasteiger partial charge in [0.1, 0.15) is 5.75 Å². The molecule has 0 unspecified atom stereocenters. The number of rotatable bonds is 9. The Morgan fingerprint density at radius 3 is 2.75 bits per heavy atom. The standard InChI is InChI=1S/C22H20BrIN2O5S/c1-30-9-5-8-26-21(29)18(32-22(26)25-16-6-3-2-4-7-16)11-14-10-15(24)12-17(23)20(14)31-13-19(27)28/h2-4,6-7,10-12H,5,8-9,13H2,1H3,(H,27,28)/b18-11-,25-22?. The third kappa shape index (κ3) is 6.56. The molecule has 1 fully saturated rings. The van der Waals surface area contributed by atoms with Crippen LogP contribution in [0.15, 0.2) is 56.8 Å². The molecule has 168 valence electrons. The zero-order valence-electron chi connectivity index (χ0n) is 17.1. The number of halogens is 2. The third-order valence-electron chi connectivity index (χ3n) is 4.26. The predicted molar refractivity (Wildman–Crippen MR) is 137 cm³/mol. The Morgan fingerprint density at radius 2 is 2.06 bits per heavy atom. The predicted octanol–water partition coefficient (Wildman–Crippen LogP) is 5.16. The van der Waals surface area contributed by atoms with E-state index in [9.17, 15) is 9.59 Å². The first-order valence-electron chi connectivity index (χ1n) is 9.56. The van der Waals surface area contributed by atoms with Gasteiger partial charge in [-0.1, -0.05) is 18.2 Å². The Labute approximate surface area is 212 Å². The number of carbonyl (C=O) groups excluding carboxylic acids is 1. The summed E-state index contributed by atoms with van der Waals surface area (Å²) in [5.41, 5.74) is 1.36. The molecule has 1 aliphatic heterocycles. The van der Waals surface area contributed by atoms with Crippen molar-refractivity contribution in [2.75, 3.05) is 26.9 Å². The monoisotopic (exact) mass is 630 g/mol. The molecule has 0 spiro atoms. The molecule has 3 rings (SSSR count). The molecule has 1 amide bonds. The molecule has 32 heavy (non-hydrogen) atoms. The fourth-order valence-corrected chi connectivity index (χ4v) is 5.56. The number of benzene rings is 2. The summed E-state index contributed by atoms with van der Waals surface area (Å²) in [6, 6.07) is 13.1. The van der Waals surface area contributed by atoms with Crippen LogP contribution in [0, 0.1) is 3.57 Å². The first-order chi connectivity index (χ1) is 15.4. The molecular weight excluding hydrogens is 611 g/mol. The van der Waals surface area contributed by atoms with Crippen LogP contribution >= 0.6 is 50.3 Å². The van der Waals surface area contributed by atoms with Crippen molar-refractivity contribution >= 4 is 79.1 Å². The minimum absolute atomic E-state index is 0.167. The van der Waals surface area contributed by atoms with Crippen LogP contribution in [-0.4, -0.2) is 53.9 Å². The molecule has 1 N–H and O–H groups in total. The molecule has 10 heteroatoms. The van der Waals surface area contributed by atoms with E-state index >= 15 is 0 Å². The molecule has 0 radical (unpaired) electrons. The van der Waals surface area contributed by atoms with Crippen LogP contribution in [0.1, 0.15) is 12.0 Å². The van der Waals surface area contributed by atoms with Crippen molar-refractivity contribution in [3.05, 3.63) is 61.0 Å². The minimum atomic E-state index is -1.08. The summed E-state index contributed by atoms with van der Waals surface area (Å²) in [5.74, 6) is -0.880. The quantitative estimate of drug-likeness (QED) is 0.234. The van der Waals surface area contributed by atoms with Crippen LogP contribution in [-0.2, 0) is 14.3 Å². The van der Waals surface area contributed by atoms with Gasteiger partial charge in [-0.15, -0.1) is 0 Å². The largest absolute Gasteiger partial charge is 0.480 e.